The summed E-state index contributed by atoms with van der Waals surface area (Å²) in [6.07, 6.45) is 1.72. The number of thiazole rings is 1. The number of ether oxygens (including phenoxy) is 2. The van der Waals surface area contributed by atoms with Gasteiger partial charge in [0.1, 0.15) is 12.2 Å². The first-order chi connectivity index (χ1) is 19.5. The summed E-state index contributed by atoms with van der Waals surface area (Å²) in [6, 6.07) is 16.5. The van der Waals surface area contributed by atoms with E-state index in [1.807, 2.05) is 67.6 Å². The molecule has 0 aliphatic carbocycles. The Morgan fingerprint density at radius 1 is 1.05 bits per heavy atom. The number of nitrogens with zero attached hydrogens (tertiary/aromatic N) is 2. The molecule has 216 valence electrons. The van der Waals surface area contributed by atoms with Crippen LogP contribution >= 0.6 is 11.3 Å². The number of carbonyl (C=O) groups is 4. The predicted octanol–water partition coefficient (Wildman–Crippen LogP) is 5.46. The zero-order chi connectivity index (χ0) is 29.6. The van der Waals surface area contributed by atoms with Crippen molar-refractivity contribution >= 4 is 40.5 Å². The number of nitrogens with one attached hydrogen (secondary N) is 2. The maximum absolute atomic E-state index is 13.2. The lowest BCUT2D eigenvalue weighted by Crippen LogP contribution is -2.68. The van der Waals surface area contributed by atoms with Crippen molar-refractivity contribution in [3.8, 4) is 0 Å². The van der Waals surface area contributed by atoms with Gasteiger partial charge in [-0.15, -0.1) is 11.3 Å². The second-order valence-electron chi connectivity index (χ2n) is 10.7. The molecular formula is C30H34N4O6S. The molecule has 2 N–H and O–H groups in total. The molecule has 0 bridgehead atoms. The van der Waals surface area contributed by atoms with E-state index in [0.717, 1.165) is 20.9 Å². The molecule has 3 aromatic rings. The van der Waals surface area contributed by atoms with Gasteiger partial charge in [0.05, 0.1) is 12.0 Å². The van der Waals surface area contributed by atoms with Gasteiger partial charge in [-0.3, -0.25) is 10.1 Å². The number of benzene rings is 2. The molecule has 10 nitrogen and oxygen atoms in total. The third-order valence-corrected chi connectivity index (χ3v) is 7.37. The van der Waals surface area contributed by atoms with Gasteiger partial charge in [0, 0.05) is 11.1 Å². The van der Waals surface area contributed by atoms with E-state index in [1.54, 1.807) is 27.0 Å². The minimum Gasteiger partial charge on any atom is -0.459 e. The van der Waals surface area contributed by atoms with Crippen molar-refractivity contribution in [2.24, 2.45) is 5.92 Å². The Kier molecular flexibility index (Phi) is 9.38. The normalized spacial score (nSPS) is 17.3. The van der Waals surface area contributed by atoms with Crippen molar-refractivity contribution in [1.82, 2.24) is 15.2 Å². The molecule has 1 aliphatic heterocycles. The number of hydrogen-bond acceptors (Lipinski definition) is 8. The van der Waals surface area contributed by atoms with Gasteiger partial charge in [-0.05, 0) is 51.7 Å². The molecule has 1 fully saturated rings. The first-order valence-electron chi connectivity index (χ1n) is 13.4. The molecule has 1 aromatic heterocycles. The molecule has 1 aliphatic rings. The third kappa shape index (κ3) is 7.91. The predicted molar refractivity (Wildman–Crippen MR) is 154 cm³/mol. The largest absolute Gasteiger partial charge is 0.459 e. The molecule has 4 rings (SSSR count). The lowest BCUT2D eigenvalue weighted by molar-refractivity contribution is -0.170. The van der Waals surface area contributed by atoms with Gasteiger partial charge in [-0.1, -0.05) is 60.7 Å². The number of hydrogen-bond donors (Lipinski definition) is 2. The summed E-state index contributed by atoms with van der Waals surface area (Å²) >= 11 is 1.25. The molecule has 2 heterocycles. The molecule has 0 radical (unpaired) electrons. The summed E-state index contributed by atoms with van der Waals surface area (Å²) in [7, 11) is 0. The first-order valence-corrected chi connectivity index (χ1v) is 14.2. The van der Waals surface area contributed by atoms with Crippen molar-refractivity contribution in [2.75, 3.05) is 5.32 Å². The van der Waals surface area contributed by atoms with E-state index in [1.165, 1.54) is 11.3 Å². The number of rotatable bonds is 9. The molecular weight excluding hydrogens is 544 g/mol. The second-order valence-corrected chi connectivity index (χ2v) is 11.8. The summed E-state index contributed by atoms with van der Waals surface area (Å²) < 4.78 is 10.8. The van der Waals surface area contributed by atoms with Crippen molar-refractivity contribution < 1.29 is 28.7 Å². The first kappa shape index (κ1) is 29.7. The highest BCUT2D eigenvalue weighted by Gasteiger charge is 2.55. The number of urea groups is 1. The standard InChI is InChI=1S/C30H34N4O6S/c1-19(21-13-9-6-10-14-21)32-28(37)34-24(26(36)39-18-20-11-7-5-8-12-20)23(25(34)35)16-15-22-17-31-27(41-22)33-29(38)40-30(2,3)4/h5-14,17,19,23-24H,15-16,18H2,1-4H3,(H,32,37)(H,31,33,38)/t19-,23?,24+/m1/s1. The fourth-order valence-corrected chi connectivity index (χ4v) is 5.20. The van der Waals surface area contributed by atoms with E-state index in [2.05, 4.69) is 15.6 Å². The van der Waals surface area contributed by atoms with Crippen molar-refractivity contribution in [3.05, 3.63) is 82.9 Å². The molecule has 0 saturated carbocycles. The SMILES string of the molecule is C[C@@H](NC(=O)N1C(=O)C(CCc2cnc(NC(=O)OC(C)(C)C)s2)[C@H]1C(=O)OCc1ccccc1)c1ccccc1. The van der Waals surface area contributed by atoms with Gasteiger partial charge < -0.3 is 14.8 Å². The van der Waals surface area contributed by atoms with Crippen LogP contribution in [0, 0.1) is 5.92 Å². The Morgan fingerprint density at radius 3 is 2.37 bits per heavy atom. The van der Waals surface area contributed by atoms with Crippen LogP contribution in [0.15, 0.2) is 66.9 Å². The number of imide groups is 1. The summed E-state index contributed by atoms with van der Waals surface area (Å²) in [5, 5.41) is 5.78. The van der Waals surface area contributed by atoms with Crippen LogP contribution in [0.1, 0.15) is 56.2 Å². The van der Waals surface area contributed by atoms with Crippen LogP contribution in [0.4, 0.5) is 14.7 Å². The minimum absolute atomic E-state index is 0.0293. The number of likely N-dealkylation sites (tertiary alicyclic amines) is 1. The van der Waals surface area contributed by atoms with E-state index < -0.39 is 41.6 Å². The Labute approximate surface area is 243 Å². The van der Waals surface area contributed by atoms with Crippen LogP contribution in [-0.2, 0) is 32.1 Å². The summed E-state index contributed by atoms with van der Waals surface area (Å²) in [6.45, 7) is 7.14. The quantitative estimate of drug-likeness (QED) is 0.255. The average molecular weight is 579 g/mol. The summed E-state index contributed by atoms with van der Waals surface area (Å²) in [5.74, 6) is -1.82. The van der Waals surface area contributed by atoms with Crippen molar-refractivity contribution in [2.45, 2.75) is 64.8 Å². The molecule has 41 heavy (non-hydrogen) atoms. The van der Waals surface area contributed by atoms with Gasteiger partial charge in [0.25, 0.3) is 0 Å². The van der Waals surface area contributed by atoms with Crippen LogP contribution in [0.25, 0.3) is 0 Å². The lowest BCUT2D eigenvalue weighted by atomic mass is 9.83. The van der Waals surface area contributed by atoms with E-state index in [0.29, 0.717) is 18.0 Å². The number of anilines is 1. The van der Waals surface area contributed by atoms with E-state index in [9.17, 15) is 19.2 Å². The van der Waals surface area contributed by atoms with Crippen LogP contribution in [0.3, 0.4) is 0 Å². The second kappa shape index (κ2) is 12.9. The monoisotopic (exact) mass is 578 g/mol. The van der Waals surface area contributed by atoms with Gasteiger partial charge in [-0.25, -0.2) is 24.3 Å². The van der Waals surface area contributed by atoms with Crippen LogP contribution in [0.5, 0.6) is 0 Å². The Morgan fingerprint density at radius 2 is 1.71 bits per heavy atom. The minimum atomic E-state index is -1.05. The molecule has 11 heteroatoms. The highest BCUT2D eigenvalue weighted by molar-refractivity contribution is 7.15. The van der Waals surface area contributed by atoms with Gasteiger partial charge in [-0.2, -0.15) is 0 Å². The van der Waals surface area contributed by atoms with Gasteiger partial charge in [0.2, 0.25) is 5.91 Å². The topological polar surface area (TPSA) is 127 Å². The number of esters is 1. The zero-order valence-corrected chi connectivity index (χ0v) is 24.3. The molecule has 1 saturated heterocycles. The molecule has 3 atom stereocenters. The van der Waals surface area contributed by atoms with Crippen molar-refractivity contribution in [1.29, 1.82) is 0 Å². The molecule has 4 amide bonds. The number of carbonyl (C=O) groups excluding carboxylic acids is 4. The fourth-order valence-electron chi connectivity index (χ4n) is 4.39. The fraction of sp³-hybridized carbons (Fsp3) is 0.367. The average Bonchev–Trinajstić information content (AvgIpc) is 3.37. The highest BCUT2D eigenvalue weighted by Crippen LogP contribution is 2.34. The zero-order valence-electron chi connectivity index (χ0n) is 23.5. The lowest BCUT2D eigenvalue weighted by Gasteiger charge is -2.44. The van der Waals surface area contributed by atoms with Gasteiger partial charge in [0.15, 0.2) is 11.2 Å². The van der Waals surface area contributed by atoms with E-state index in [4.69, 9.17) is 9.47 Å². The molecule has 2 aromatic carbocycles. The number of amides is 4. The number of β-lactam (4-membered cyclic amide) rings is 1. The Bertz CT molecular complexity index is 1370. The van der Waals surface area contributed by atoms with Crippen LogP contribution < -0.4 is 10.6 Å². The third-order valence-electron chi connectivity index (χ3n) is 6.40. The Hall–Kier alpha value is -4.25. The molecule has 0 spiro atoms. The van der Waals surface area contributed by atoms with Crippen LogP contribution in [-0.4, -0.2) is 45.5 Å². The summed E-state index contributed by atoms with van der Waals surface area (Å²) in [5.41, 5.74) is 1.02. The summed E-state index contributed by atoms with van der Waals surface area (Å²) in [4.78, 5) is 57.6. The maximum atomic E-state index is 13.2. The molecule has 1 unspecified atom stereocenters. The number of aryl methyl sites for hydroxylation is 1. The highest BCUT2D eigenvalue weighted by atomic mass is 32.1. The smallest absolute Gasteiger partial charge is 0.413 e. The van der Waals surface area contributed by atoms with Gasteiger partial charge >= 0.3 is 18.1 Å². The van der Waals surface area contributed by atoms with Crippen LogP contribution in [0.2, 0.25) is 0 Å². The number of aromatic nitrogens is 1. The maximum Gasteiger partial charge on any atom is 0.413 e. The van der Waals surface area contributed by atoms with Crippen molar-refractivity contribution in [3.63, 3.8) is 0 Å². The Balaban J connectivity index is 1.42. The van der Waals surface area contributed by atoms with E-state index in [-0.39, 0.29) is 12.6 Å². The van der Waals surface area contributed by atoms with E-state index >= 15 is 0 Å².